The van der Waals surface area contributed by atoms with Crippen LogP contribution >= 0.6 is 0 Å². The van der Waals surface area contributed by atoms with E-state index >= 15 is 0 Å². The minimum absolute atomic E-state index is 0.230. The predicted octanol–water partition coefficient (Wildman–Crippen LogP) is 2.00. The Hall–Kier alpha value is -0.940. The number of hydrogen-bond donors (Lipinski definition) is 0. The number of piperidine rings is 1. The Morgan fingerprint density at radius 3 is 2.78 bits per heavy atom. The lowest BCUT2D eigenvalue weighted by molar-refractivity contribution is 0.310. The normalized spacial score (nSPS) is 22.3. The van der Waals surface area contributed by atoms with Gasteiger partial charge in [-0.25, -0.2) is 12.7 Å². The first-order chi connectivity index (χ1) is 8.51. The molecule has 0 radical (unpaired) electrons. The largest absolute Gasteiger partial charge is 0.261 e. The maximum Gasteiger partial charge on any atom is 0.216 e. The van der Waals surface area contributed by atoms with Gasteiger partial charge in [0.05, 0.1) is 5.25 Å². The molecule has 2 rings (SSSR count). The highest BCUT2D eigenvalue weighted by Crippen LogP contribution is 2.27. The van der Waals surface area contributed by atoms with Crippen LogP contribution < -0.4 is 0 Å². The van der Waals surface area contributed by atoms with Crippen LogP contribution in [0.4, 0.5) is 0 Å². The first kappa shape index (κ1) is 13.5. The number of sulfonamides is 1. The van der Waals surface area contributed by atoms with Gasteiger partial charge in [0.2, 0.25) is 10.0 Å². The van der Waals surface area contributed by atoms with Crippen LogP contribution in [0, 0.1) is 0 Å². The number of pyridine rings is 1. The Labute approximate surface area is 109 Å². The summed E-state index contributed by atoms with van der Waals surface area (Å²) in [7, 11) is -3.14. The number of aromatic nitrogens is 1. The minimum atomic E-state index is -3.14. The molecule has 1 atom stereocenters. The molecule has 0 N–H and O–H groups in total. The summed E-state index contributed by atoms with van der Waals surface area (Å²) in [6.07, 6.45) is 3.69. The fourth-order valence-electron chi connectivity index (χ4n) is 2.33. The van der Waals surface area contributed by atoms with Crippen LogP contribution in [0.25, 0.3) is 0 Å². The lowest BCUT2D eigenvalue weighted by atomic mass is 9.96. The second-order valence-corrected chi connectivity index (χ2v) is 7.53. The fraction of sp³-hybridized carbons (Fsp3) is 0.615. The molecule has 1 aromatic rings. The van der Waals surface area contributed by atoms with Gasteiger partial charge in [0.1, 0.15) is 0 Å². The van der Waals surface area contributed by atoms with Crippen LogP contribution in [0.5, 0.6) is 0 Å². The van der Waals surface area contributed by atoms with E-state index in [1.54, 1.807) is 24.3 Å². The van der Waals surface area contributed by atoms with Crippen molar-refractivity contribution in [1.82, 2.24) is 9.29 Å². The third-order valence-corrected chi connectivity index (χ3v) is 5.69. The molecule has 0 aromatic carbocycles. The van der Waals surface area contributed by atoms with Crippen molar-refractivity contribution in [1.29, 1.82) is 0 Å². The fourth-order valence-corrected chi connectivity index (χ4v) is 3.70. The molecule has 0 spiro atoms. The summed E-state index contributed by atoms with van der Waals surface area (Å²) in [5, 5.41) is -0.347. The number of hydrogen-bond acceptors (Lipinski definition) is 3. The van der Waals surface area contributed by atoms with Crippen LogP contribution in [0.1, 0.15) is 38.3 Å². The van der Waals surface area contributed by atoms with E-state index in [9.17, 15) is 8.42 Å². The van der Waals surface area contributed by atoms with Gasteiger partial charge in [0.25, 0.3) is 0 Å². The van der Waals surface area contributed by atoms with E-state index in [1.165, 1.54) is 0 Å². The van der Waals surface area contributed by atoms with Gasteiger partial charge in [-0.15, -0.1) is 0 Å². The van der Waals surface area contributed by atoms with Gasteiger partial charge in [-0.1, -0.05) is 6.07 Å². The van der Waals surface area contributed by atoms with Crippen molar-refractivity contribution in [2.45, 2.75) is 37.9 Å². The molecule has 1 unspecified atom stereocenters. The molecule has 1 aliphatic heterocycles. The molecule has 100 valence electrons. The molecule has 0 aliphatic carbocycles. The van der Waals surface area contributed by atoms with Crippen molar-refractivity contribution in [3.05, 3.63) is 30.1 Å². The van der Waals surface area contributed by atoms with Gasteiger partial charge < -0.3 is 0 Å². The Balaban J connectivity index is 2.15. The molecule has 4 nitrogen and oxygen atoms in total. The zero-order valence-electron chi connectivity index (χ0n) is 10.9. The summed E-state index contributed by atoms with van der Waals surface area (Å²) in [4.78, 5) is 4.34. The van der Waals surface area contributed by atoms with Gasteiger partial charge in [-0.3, -0.25) is 4.98 Å². The SMILES string of the molecule is CC(C)S(=O)(=O)N1CCCC(c2ccccn2)C1. The number of nitrogens with zero attached hydrogens (tertiary/aromatic N) is 2. The zero-order chi connectivity index (χ0) is 13.2. The molecule has 5 heteroatoms. The van der Waals surface area contributed by atoms with E-state index in [4.69, 9.17) is 0 Å². The highest BCUT2D eigenvalue weighted by Gasteiger charge is 2.31. The average molecular weight is 268 g/mol. The molecule has 18 heavy (non-hydrogen) atoms. The van der Waals surface area contributed by atoms with E-state index in [-0.39, 0.29) is 11.2 Å². The predicted molar refractivity (Wildman–Crippen MR) is 71.8 cm³/mol. The van der Waals surface area contributed by atoms with Gasteiger partial charge in [0, 0.05) is 30.9 Å². The van der Waals surface area contributed by atoms with Crippen molar-refractivity contribution in [3.63, 3.8) is 0 Å². The summed E-state index contributed by atoms with van der Waals surface area (Å²) < 4.78 is 26.0. The van der Waals surface area contributed by atoms with Gasteiger partial charge in [-0.2, -0.15) is 0 Å². The topological polar surface area (TPSA) is 50.3 Å². The van der Waals surface area contributed by atoms with Crippen molar-refractivity contribution in [3.8, 4) is 0 Å². The van der Waals surface area contributed by atoms with Crippen molar-refractivity contribution in [2.24, 2.45) is 0 Å². The molecule has 0 bridgehead atoms. The molecule has 1 fully saturated rings. The molecule has 1 aliphatic rings. The molecule has 2 heterocycles. The molecule has 1 aromatic heterocycles. The molecule has 0 amide bonds. The summed E-state index contributed by atoms with van der Waals surface area (Å²) in [6, 6.07) is 5.82. The van der Waals surface area contributed by atoms with E-state index in [2.05, 4.69) is 4.98 Å². The molecule has 1 saturated heterocycles. The average Bonchev–Trinajstić information content (AvgIpc) is 2.40. The lowest BCUT2D eigenvalue weighted by Gasteiger charge is -2.32. The van der Waals surface area contributed by atoms with Crippen LogP contribution in [0.2, 0.25) is 0 Å². The zero-order valence-corrected chi connectivity index (χ0v) is 11.7. The monoisotopic (exact) mass is 268 g/mol. The third kappa shape index (κ3) is 2.72. The highest BCUT2D eigenvalue weighted by molar-refractivity contribution is 7.89. The third-order valence-electron chi connectivity index (χ3n) is 3.45. The summed E-state index contributed by atoms with van der Waals surface area (Å²) in [5.74, 6) is 0.230. The summed E-state index contributed by atoms with van der Waals surface area (Å²) in [6.45, 7) is 4.68. The van der Waals surface area contributed by atoms with E-state index in [1.807, 2.05) is 18.2 Å². The second kappa shape index (κ2) is 5.36. The molecular formula is C13H20N2O2S. The van der Waals surface area contributed by atoms with Gasteiger partial charge in [-0.05, 0) is 38.8 Å². The first-order valence-electron chi connectivity index (χ1n) is 6.41. The Morgan fingerprint density at radius 2 is 2.17 bits per heavy atom. The Kier molecular flexibility index (Phi) is 4.02. The standard InChI is InChI=1S/C13H20N2O2S/c1-11(2)18(16,17)15-9-5-6-12(10-15)13-7-3-4-8-14-13/h3-4,7-8,11-12H,5-6,9-10H2,1-2H3. The van der Waals surface area contributed by atoms with E-state index in [0.717, 1.165) is 18.5 Å². The maximum atomic E-state index is 12.2. The lowest BCUT2D eigenvalue weighted by Crippen LogP contribution is -2.42. The molecular weight excluding hydrogens is 248 g/mol. The van der Waals surface area contributed by atoms with E-state index < -0.39 is 10.0 Å². The van der Waals surface area contributed by atoms with Crippen LogP contribution in [-0.4, -0.2) is 36.0 Å². The maximum absolute atomic E-state index is 12.2. The minimum Gasteiger partial charge on any atom is -0.261 e. The van der Waals surface area contributed by atoms with Crippen LogP contribution in [0.3, 0.4) is 0 Å². The van der Waals surface area contributed by atoms with Crippen molar-refractivity contribution in [2.75, 3.05) is 13.1 Å². The Bertz CT molecular complexity index is 485. The van der Waals surface area contributed by atoms with Crippen molar-refractivity contribution >= 4 is 10.0 Å². The smallest absolute Gasteiger partial charge is 0.216 e. The summed E-state index contributed by atoms with van der Waals surface area (Å²) in [5.41, 5.74) is 1.00. The quantitative estimate of drug-likeness (QED) is 0.842. The van der Waals surface area contributed by atoms with Crippen LogP contribution in [-0.2, 0) is 10.0 Å². The second-order valence-electron chi connectivity index (χ2n) is 5.05. The van der Waals surface area contributed by atoms with Crippen LogP contribution in [0.15, 0.2) is 24.4 Å². The van der Waals surface area contributed by atoms with Crippen molar-refractivity contribution < 1.29 is 8.42 Å². The first-order valence-corrected chi connectivity index (χ1v) is 7.92. The number of rotatable bonds is 3. The Morgan fingerprint density at radius 1 is 1.39 bits per heavy atom. The van der Waals surface area contributed by atoms with Gasteiger partial charge in [0.15, 0.2) is 0 Å². The van der Waals surface area contributed by atoms with E-state index in [0.29, 0.717) is 13.1 Å². The summed E-state index contributed by atoms with van der Waals surface area (Å²) >= 11 is 0. The highest BCUT2D eigenvalue weighted by atomic mass is 32.2. The molecule has 0 saturated carbocycles. The van der Waals surface area contributed by atoms with Gasteiger partial charge >= 0.3 is 0 Å².